The number of rotatable bonds is 5. The van der Waals surface area contributed by atoms with Gasteiger partial charge < -0.3 is 19.7 Å². The van der Waals surface area contributed by atoms with Crippen molar-refractivity contribution < 1.29 is 14.3 Å². The van der Waals surface area contributed by atoms with Gasteiger partial charge in [0, 0.05) is 18.8 Å². The predicted molar refractivity (Wildman–Crippen MR) is 108 cm³/mol. The lowest BCUT2D eigenvalue weighted by molar-refractivity contribution is -0.118. The number of ether oxygens (including phenoxy) is 2. The van der Waals surface area contributed by atoms with Crippen LogP contribution in [0.5, 0.6) is 5.75 Å². The molecular weight excluding hydrogens is 362 g/mol. The fourth-order valence-corrected chi connectivity index (χ4v) is 4.00. The van der Waals surface area contributed by atoms with Gasteiger partial charge in [0.2, 0.25) is 0 Å². The molecule has 1 aromatic heterocycles. The molecule has 1 aliphatic heterocycles. The summed E-state index contributed by atoms with van der Waals surface area (Å²) in [6.07, 6.45) is 0. The van der Waals surface area contributed by atoms with E-state index in [1.54, 1.807) is 11.3 Å². The van der Waals surface area contributed by atoms with Gasteiger partial charge in [-0.25, -0.2) is 4.98 Å². The molecule has 1 aliphatic rings. The van der Waals surface area contributed by atoms with Gasteiger partial charge in [0.25, 0.3) is 5.91 Å². The van der Waals surface area contributed by atoms with E-state index in [1.807, 2.05) is 49.4 Å². The minimum absolute atomic E-state index is 0.0232. The molecule has 3 aromatic rings. The van der Waals surface area contributed by atoms with Gasteiger partial charge >= 0.3 is 0 Å². The first-order valence-corrected chi connectivity index (χ1v) is 9.72. The number of para-hydroxylation sites is 1. The number of hydrogen-bond donors (Lipinski definition) is 1. The Morgan fingerprint density at radius 3 is 2.89 bits per heavy atom. The molecule has 0 saturated carbocycles. The minimum Gasteiger partial charge on any atom is -0.483 e. The molecule has 1 fully saturated rings. The van der Waals surface area contributed by atoms with Gasteiger partial charge in [0.15, 0.2) is 11.7 Å². The first-order valence-electron chi connectivity index (χ1n) is 8.90. The average molecular weight is 383 g/mol. The summed E-state index contributed by atoms with van der Waals surface area (Å²) < 4.78 is 12.0. The quantitative estimate of drug-likeness (QED) is 0.731. The zero-order valence-electron chi connectivity index (χ0n) is 15.1. The number of carbonyl (C=O) groups is 1. The lowest BCUT2D eigenvalue weighted by atomic mass is 10.2. The van der Waals surface area contributed by atoms with Gasteiger partial charge in [-0.1, -0.05) is 29.5 Å². The lowest BCUT2D eigenvalue weighted by Gasteiger charge is -2.25. The molecule has 0 spiro atoms. The van der Waals surface area contributed by atoms with E-state index < -0.39 is 0 Å². The van der Waals surface area contributed by atoms with Crippen LogP contribution in [-0.2, 0) is 9.53 Å². The van der Waals surface area contributed by atoms with Crippen molar-refractivity contribution >= 4 is 38.3 Å². The molecule has 7 heteroatoms. The second-order valence-electron chi connectivity index (χ2n) is 6.38. The third kappa shape index (κ3) is 4.20. The van der Waals surface area contributed by atoms with Gasteiger partial charge in [-0.3, -0.25) is 4.79 Å². The molecule has 2 heterocycles. The van der Waals surface area contributed by atoms with Crippen LogP contribution in [0.4, 0.5) is 10.8 Å². The number of hydrogen-bond acceptors (Lipinski definition) is 6. The van der Waals surface area contributed by atoms with Gasteiger partial charge in [0.05, 0.1) is 23.4 Å². The molecule has 0 radical (unpaired) electrons. The lowest BCUT2D eigenvalue weighted by Crippen LogP contribution is -2.36. The van der Waals surface area contributed by atoms with Crippen molar-refractivity contribution in [1.29, 1.82) is 0 Å². The highest BCUT2D eigenvalue weighted by molar-refractivity contribution is 7.22. The molecule has 0 aliphatic carbocycles. The van der Waals surface area contributed by atoms with Crippen LogP contribution in [0.2, 0.25) is 0 Å². The maximum absolute atomic E-state index is 12.2. The molecule has 1 N–H and O–H groups in total. The number of carbonyl (C=O) groups excluding carboxylic acids is 1. The molecular formula is C20H21N3O3S. The Kier molecular flexibility index (Phi) is 5.22. The van der Waals surface area contributed by atoms with Crippen molar-refractivity contribution in [2.24, 2.45) is 0 Å². The summed E-state index contributed by atoms with van der Waals surface area (Å²) in [5.41, 5.74) is 2.70. The van der Waals surface area contributed by atoms with E-state index in [1.165, 1.54) is 0 Å². The van der Waals surface area contributed by atoms with E-state index in [-0.39, 0.29) is 12.5 Å². The Balaban J connectivity index is 1.41. The second-order valence-corrected chi connectivity index (χ2v) is 7.39. The first kappa shape index (κ1) is 17.8. The molecule has 27 heavy (non-hydrogen) atoms. The number of nitrogens with one attached hydrogen (secondary N) is 1. The van der Waals surface area contributed by atoms with Gasteiger partial charge in [-0.2, -0.15) is 0 Å². The van der Waals surface area contributed by atoms with Crippen LogP contribution >= 0.6 is 11.3 Å². The summed E-state index contributed by atoms with van der Waals surface area (Å²) in [7, 11) is 0. The molecule has 2 aromatic carbocycles. The van der Waals surface area contributed by atoms with Crippen molar-refractivity contribution in [2.75, 3.05) is 43.1 Å². The Hall–Kier alpha value is -2.64. The summed E-state index contributed by atoms with van der Waals surface area (Å²) >= 11 is 1.63. The molecule has 1 amide bonds. The van der Waals surface area contributed by atoms with Crippen molar-refractivity contribution in [1.82, 2.24) is 4.98 Å². The first-order chi connectivity index (χ1) is 13.2. The number of aromatic nitrogens is 1. The third-order valence-electron chi connectivity index (χ3n) is 4.39. The van der Waals surface area contributed by atoms with Crippen LogP contribution in [0.3, 0.4) is 0 Å². The number of aryl methyl sites for hydroxylation is 1. The SMILES string of the molecule is Cc1ccccc1OCC(=O)Nc1ccc2nc(N3CCOCC3)sc2c1. The number of anilines is 2. The standard InChI is InChI=1S/C20H21N3O3S/c1-14-4-2-3-5-17(14)26-13-19(24)21-15-6-7-16-18(12-15)27-20(22-16)23-8-10-25-11-9-23/h2-7,12H,8-11,13H2,1H3,(H,21,24). The number of morpholine rings is 1. The smallest absolute Gasteiger partial charge is 0.262 e. The molecule has 0 bridgehead atoms. The summed E-state index contributed by atoms with van der Waals surface area (Å²) in [6, 6.07) is 13.4. The van der Waals surface area contributed by atoms with Crippen LogP contribution in [0.1, 0.15) is 5.56 Å². The Bertz CT molecular complexity index is 951. The summed E-state index contributed by atoms with van der Waals surface area (Å²) in [5, 5.41) is 3.89. The van der Waals surface area contributed by atoms with Crippen LogP contribution in [0.15, 0.2) is 42.5 Å². The number of nitrogens with zero attached hydrogens (tertiary/aromatic N) is 2. The number of thiazole rings is 1. The van der Waals surface area contributed by atoms with Crippen molar-refractivity contribution in [2.45, 2.75) is 6.92 Å². The summed E-state index contributed by atoms with van der Waals surface area (Å²) in [6.45, 7) is 5.12. The second kappa shape index (κ2) is 7.94. The van der Waals surface area contributed by atoms with Gasteiger partial charge in [0.1, 0.15) is 5.75 Å². The third-order valence-corrected chi connectivity index (χ3v) is 5.47. The van der Waals surface area contributed by atoms with E-state index >= 15 is 0 Å². The number of amides is 1. The molecule has 0 unspecified atom stereocenters. The van der Waals surface area contributed by atoms with Crippen molar-refractivity contribution in [3.05, 3.63) is 48.0 Å². The molecule has 4 rings (SSSR count). The highest BCUT2D eigenvalue weighted by atomic mass is 32.1. The number of fused-ring (bicyclic) bond motifs is 1. The average Bonchev–Trinajstić information content (AvgIpc) is 3.11. The van der Waals surface area contributed by atoms with E-state index in [2.05, 4.69) is 10.2 Å². The van der Waals surface area contributed by atoms with Crippen molar-refractivity contribution in [3.63, 3.8) is 0 Å². The Labute approximate surface area is 161 Å². The fourth-order valence-electron chi connectivity index (χ4n) is 2.94. The molecule has 1 saturated heterocycles. The Morgan fingerprint density at radius 2 is 2.07 bits per heavy atom. The van der Waals surface area contributed by atoms with Crippen LogP contribution in [0.25, 0.3) is 10.2 Å². The van der Waals surface area contributed by atoms with Gasteiger partial charge in [-0.15, -0.1) is 0 Å². The van der Waals surface area contributed by atoms with E-state index in [0.717, 1.165) is 58.7 Å². The van der Waals surface area contributed by atoms with E-state index in [9.17, 15) is 4.79 Å². The highest BCUT2D eigenvalue weighted by Gasteiger charge is 2.16. The largest absolute Gasteiger partial charge is 0.483 e. The zero-order chi connectivity index (χ0) is 18.6. The number of benzene rings is 2. The summed E-state index contributed by atoms with van der Waals surface area (Å²) in [4.78, 5) is 19.1. The van der Waals surface area contributed by atoms with Gasteiger partial charge in [-0.05, 0) is 36.8 Å². The van der Waals surface area contributed by atoms with Crippen molar-refractivity contribution in [3.8, 4) is 5.75 Å². The van der Waals surface area contributed by atoms with Crippen LogP contribution in [0, 0.1) is 6.92 Å². The molecule has 6 nitrogen and oxygen atoms in total. The van der Waals surface area contributed by atoms with Crippen LogP contribution < -0.4 is 15.0 Å². The fraction of sp³-hybridized carbons (Fsp3) is 0.300. The van der Waals surface area contributed by atoms with E-state index in [4.69, 9.17) is 14.5 Å². The normalized spacial score (nSPS) is 14.3. The molecule has 140 valence electrons. The summed E-state index contributed by atoms with van der Waals surface area (Å²) in [5.74, 6) is 0.538. The highest BCUT2D eigenvalue weighted by Crippen LogP contribution is 2.31. The predicted octanol–water partition coefficient (Wildman–Crippen LogP) is 3.46. The monoisotopic (exact) mass is 383 g/mol. The van der Waals surface area contributed by atoms with Crippen LogP contribution in [-0.4, -0.2) is 43.8 Å². The molecule has 0 atom stereocenters. The minimum atomic E-state index is -0.185. The maximum atomic E-state index is 12.2. The topological polar surface area (TPSA) is 63.7 Å². The van der Waals surface area contributed by atoms with E-state index in [0.29, 0.717) is 0 Å². The zero-order valence-corrected chi connectivity index (χ0v) is 15.9. The Morgan fingerprint density at radius 1 is 1.26 bits per heavy atom. The maximum Gasteiger partial charge on any atom is 0.262 e.